The molecule has 2 aromatic rings. The van der Waals surface area contributed by atoms with Crippen molar-refractivity contribution in [2.45, 2.75) is 25.4 Å². The molecule has 0 unspecified atom stereocenters. The minimum absolute atomic E-state index is 0.00312. The molecule has 0 atom stereocenters. The van der Waals surface area contributed by atoms with Gasteiger partial charge in [0.1, 0.15) is 17.4 Å². The zero-order chi connectivity index (χ0) is 17.3. The highest BCUT2D eigenvalue weighted by molar-refractivity contribution is 5.96. The smallest absolute Gasteiger partial charge is 0.331 e. The summed E-state index contributed by atoms with van der Waals surface area (Å²) in [6, 6.07) is 8.27. The molecule has 122 valence electrons. The van der Waals surface area contributed by atoms with E-state index in [-0.39, 0.29) is 11.6 Å². The van der Waals surface area contributed by atoms with Crippen LogP contribution in [0, 0.1) is 11.3 Å². The molecule has 1 aromatic carbocycles. The summed E-state index contributed by atoms with van der Waals surface area (Å²) in [4.78, 5) is 37.2. The van der Waals surface area contributed by atoms with E-state index < -0.39 is 23.6 Å². The molecule has 24 heavy (non-hydrogen) atoms. The van der Waals surface area contributed by atoms with Gasteiger partial charge in [-0.3, -0.25) is 18.7 Å². The highest BCUT2D eigenvalue weighted by atomic mass is 16.5. The predicted octanol–water partition coefficient (Wildman–Crippen LogP) is 1.11. The van der Waals surface area contributed by atoms with Crippen LogP contribution in [0.2, 0.25) is 0 Å². The van der Waals surface area contributed by atoms with Crippen LogP contribution in [0.4, 0.5) is 0 Å². The number of nitrogens with zero attached hydrogens (tertiary/aromatic N) is 3. The normalized spacial score (nSPS) is 13.3. The molecule has 1 aliphatic carbocycles. The van der Waals surface area contributed by atoms with Crippen LogP contribution in [0.25, 0.3) is 0 Å². The minimum atomic E-state index is -0.740. The van der Waals surface area contributed by atoms with Crippen molar-refractivity contribution in [2.75, 3.05) is 7.11 Å². The second-order valence-corrected chi connectivity index (χ2v) is 5.62. The second kappa shape index (κ2) is 6.16. The van der Waals surface area contributed by atoms with Gasteiger partial charge in [-0.1, -0.05) is 12.1 Å². The van der Waals surface area contributed by atoms with Gasteiger partial charge < -0.3 is 4.74 Å². The molecule has 0 bridgehead atoms. The Bertz CT molecular complexity index is 961. The molecule has 0 amide bonds. The Morgan fingerprint density at radius 3 is 2.75 bits per heavy atom. The number of ketones is 1. The van der Waals surface area contributed by atoms with Crippen molar-refractivity contribution in [2.24, 2.45) is 0 Å². The van der Waals surface area contributed by atoms with E-state index in [2.05, 4.69) is 0 Å². The summed E-state index contributed by atoms with van der Waals surface area (Å²) in [5.74, 6) is 0.111. The van der Waals surface area contributed by atoms with Crippen LogP contribution in [0.1, 0.15) is 34.8 Å². The lowest BCUT2D eigenvalue weighted by atomic mass is 10.1. The summed E-state index contributed by atoms with van der Waals surface area (Å²) in [5.41, 5.74) is -1.10. The number of hydrogen-bond donors (Lipinski definition) is 0. The van der Waals surface area contributed by atoms with Crippen LogP contribution in [0.15, 0.2) is 40.1 Å². The molecular weight excluding hydrogens is 310 g/mol. The fraction of sp³-hybridized carbons (Fsp3) is 0.294. The minimum Gasteiger partial charge on any atom is -0.497 e. The van der Waals surface area contributed by atoms with E-state index >= 15 is 0 Å². The number of aromatic nitrogens is 2. The molecule has 7 heteroatoms. The summed E-state index contributed by atoms with van der Waals surface area (Å²) in [7, 11) is 1.48. The Morgan fingerprint density at radius 1 is 1.38 bits per heavy atom. The van der Waals surface area contributed by atoms with Gasteiger partial charge in [0.15, 0.2) is 5.78 Å². The van der Waals surface area contributed by atoms with Crippen LogP contribution < -0.4 is 16.0 Å². The zero-order valence-corrected chi connectivity index (χ0v) is 13.1. The van der Waals surface area contributed by atoms with Gasteiger partial charge in [0.25, 0.3) is 5.56 Å². The third-order valence-corrected chi connectivity index (χ3v) is 3.95. The molecule has 1 saturated carbocycles. The molecule has 7 nitrogen and oxygen atoms in total. The van der Waals surface area contributed by atoms with E-state index in [9.17, 15) is 14.4 Å². The number of nitriles is 1. The average molecular weight is 325 g/mol. The van der Waals surface area contributed by atoms with Crippen LogP contribution >= 0.6 is 0 Å². The summed E-state index contributed by atoms with van der Waals surface area (Å²) in [6.07, 6.45) is 2.94. The van der Waals surface area contributed by atoms with Crippen LogP contribution in [-0.4, -0.2) is 22.0 Å². The lowest BCUT2D eigenvalue weighted by molar-refractivity contribution is 0.0968. The first kappa shape index (κ1) is 15.7. The fourth-order valence-electron chi connectivity index (χ4n) is 2.48. The number of hydrogen-bond acceptors (Lipinski definition) is 5. The second-order valence-electron chi connectivity index (χ2n) is 5.62. The number of carbonyl (C=O) groups is 1. The van der Waals surface area contributed by atoms with Crippen molar-refractivity contribution < 1.29 is 9.53 Å². The lowest BCUT2D eigenvalue weighted by Gasteiger charge is -2.10. The Balaban J connectivity index is 2.01. The first-order chi connectivity index (χ1) is 11.5. The maximum atomic E-state index is 12.5. The quantitative estimate of drug-likeness (QED) is 0.768. The maximum absolute atomic E-state index is 12.5. The van der Waals surface area contributed by atoms with Crippen LogP contribution in [-0.2, 0) is 6.54 Å². The van der Waals surface area contributed by atoms with Crippen molar-refractivity contribution in [1.29, 1.82) is 5.26 Å². The largest absolute Gasteiger partial charge is 0.497 e. The van der Waals surface area contributed by atoms with Crippen molar-refractivity contribution >= 4 is 5.78 Å². The van der Waals surface area contributed by atoms with Gasteiger partial charge >= 0.3 is 5.69 Å². The van der Waals surface area contributed by atoms with Gasteiger partial charge in [-0.25, -0.2) is 4.79 Å². The van der Waals surface area contributed by atoms with E-state index in [4.69, 9.17) is 10.00 Å². The molecule has 0 saturated heterocycles. The molecule has 0 N–H and O–H groups in total. The SMILES string of the molecule is COc1cccc(C(=O)Cn2c(=O)c(C#N)cn(C3CC3)c2=O)c1. The Kier molecular flexibility index (Phi) is 4.04. The first-order valence-electron chi connectivity index (χ1n) is 7.48. The molecule has 1 heterocycles. The molecule has 0 spiro atoms. The van der Waals surface area contributed by atoms with E-state index in [0.717, 1.165) is 17.4 Å². The molecule has 0 radical (unpaired) electrons. The molecule has 1 aliphatic rings. The van der Waals surface area contributed by atoms with Crippen LogP contribution in [0.3, 0.4) is 0 Å². The Hall–Kier alpha value is -3.14. The molecule has 3 rings (SSSR count). The highest BCUT2D eigenvalue weighted by Gasteiger charge is 2.27. The van der Waals surface area contributed by atoms with E-state index in [1.54, 1.807) is 30.3 Å². The van der Waals surface area contributed by atoms with Crippen LogP contribution in [0.5, 0.6) is 5.75 Å². The molecule has 1 fully saturated rings. The van der Waals surface area contributed by atoms with E-state index in [1.807, 2.05) is 0 Å². The standard InChI is InChI=1S/C17H15N3O4/c1-24-14-4-2-3-11(7-14)15(21)10-20-16(22)12(8-18)9-19(17(20)23)13-5-6-13/h2-4,7,9,13H,5-6,10H2,1H3. The van der Waals surface area contributed by atoms with Gasteiger partial charge in [0.2, 0.25) is 0 Å². The van der Waals surface area contributed by atoms with E-state index in [1.165, 1.54) is 17.9 Å². The number of Topliss-reactive ketones (excluding diaryl/α,β-unsaturated/α-hetero) is 1. The van der Waals surface area contributed by atoms with Crippen molar-refractivity contribution in [3.8, 4) is 11.8 Å². The first-order valence-corrected chi connectivity index (χ1v) is 7.48. The van der Waals surface area contributed by atoms with Gasteiger partial charge in [-0.15, -0.1) is 0 Å². The third-order valence-electron chi connectivity index (χ3n) is 3.95. The van der Waals surface area contributed by atoms with Crippen molar-refractivity contribution in [3.63, 3.8) is 0 Å². The summed E-state index contributed by atoms with van der Waals surface area (Å²) < 4.78 is 7.27. The molecule has 1 aromatic heterocycles. The lowest BCUT2D eigenvalue weighted by Crippen LogP contribution is -2.42. The number of ether oxygens (including phenoxy) is 1. The zero-order valence-electron chi connectivity index (χ0n) is 13.1. The number of benzene rings is 1. The predicted molar refractivity (Wildman–Crippen MR) is 85.3 cm³/mol. The van der Waals surface area contributed by atoms with Gasteiger partial charge in [-0.05, 0) is 25.0 Å². The van der Waals surface area contributed by atoms with Gasteiger partial charge in [0, 0.05) is 17.8 Å². The van der Waals surface area contributed by atoms with Crippen molar-refractivity contribution in [3.05, 3.63) is 62.4 Å². The average Bonchev–Trinajstić information content (AvgIpc) is 3.43. The highest BCUT2D eigenvalue weighted by Crippen LogP contribution is 2.33. The summed E-state index contributed by atoms with van der Waals surface area (Å²) in [5, 5.41) is 9.10. The fourth-order valence-corrected chi connectivity index (χ4v) is 2.48. The summed E-state index contributed by atoms with van der Waals surface area (Å²) in [6.45, 7) is -0.410. The maximum Gasteiger partial charge on any atom is 0.331 e. The third kappa shape index (κ3) is 2.86. The Labute approximate surface area is 137 Å². The summed E-state index contributed by atoms with van der Waals surface area (Å²) >= 11 is 0. The molecular formula is C17H15N3O4. The molecule has 0 aliphatic heterocycles. The number of methoxy groups -OCH3 is 1. The topological polar surface area (TPSA) is 94.1 Å². The van der Waals surface area contributed by atoms with Gasteiger partial charge in [-0.2, -0.15) is 5.26 Å². The number of rotatable bonds is 5. The van der Waals surface area contributed by atoms with Crippen molar-refractivity contribution in [1.82, 2.24) is 9.13 Å². The monoisotopic (exact) mass is 325 g/mol. The number of carbonyl (C=O) groups excluding carboxylic acids is 1. The van der Waals surface area contributed by atoms with E-state index in [0.29, 0.717) is 11.3 Å². The van der Waals surface area contributed by atoms with Gasteiger partial charge in [0.05, 0.1) is 13.7 Å². The Morgan fingerprint density at radius 2 is 2.12 bits per heavy atom.